The predicted molar refractivity (Wildman–Crippen MR) is 106 cm³/mol. The van der Waals surface area contributed by atoms with Crippen molar-refractivity contribution >= 4 is 17.6 Å². The SMILES string of the molecule is CC/N=C(/CCNC(=O)c1cc(-c2ncccc2C(N)=O)cn1C)NCC. The molecule has 2 rings (SSSR count). The molecule has 0 aliphatic carbocycles. The Bertz CT molecular complexity index is 840. The molecule has 2 heterocycles. The molecule has 0 unspecified atom stereocenters. The summed E-state index contributed by atoms with van der Waals surface area (Å²) in [5.41, 5.74) is 7.34. The first kappa shape index (κ1) is 20.2. The fourth-order valence-electron chi connectivity index (χ4n) is 2.76. The van der Waals surface area contributed by atoms with Crippen molar-refractivity contribution in [2.45, 2.75) is 20.3 Å². The lowest BCUT2D eigenvalue weighted by Crippen LogP contribution is -2.31. The van der Waals surface area contributed by atoms with Crippen LogP contribution in [0.3, 0.4) is 0 Å². The molecule has 2 amide bonds. The largest absolute Gasteiger partial charge is 0.374 e. The van der Waals surface area contributed by atoms with Crippen molar-refractivity contribution in [1.29, 1.82) is 0 Å². The highest BCUT2D eigenvalue weighted by molar-refractivity contribution is 6.00. The van der Waals surface area contributed by atoms with E-state index in [9.17, 15) is 9.59 Å². The number of hydrogen-bond acceptors (Lipinski definition) is 4. The maximum absolute atomic E-state index is 12.5. The molecule has 0 atom stereocenters. The number of amidine groups is 1. The maximum Gasteiger partial charge on any atom is 0.267 e. The second-order valence-corrected chi connectivity index (χ2v) is 5.95. The van der Waals surface area contributed by atoms with Gasteiger partial charge in [0.2, 0.25) is 0 Å². The zero-order valence-corrected chi connectivity index (χ0v) is 16.0. The highest BCUT2D eigenvalue weighted by Gasteiger charge is 2.17. The van der Waals surface area contributed by atoms with Crippen LogP contribution in [0.15, 0.2) is 35.6 Å². The Kier molecular flexibility index (Phi) is 7.10. The third-order valence-electron chi connectivity index (χ3n) is 3.96. The lowest BCUT2D eigenvalue weighted by molar-refractivity contribution is 0.0945. The van der Waals surface area contributed by atoms with Crippen molar-refractivity contribution in [3.05, 3.63) is 41.9 Å². The number of nitrogens with one attached hydrogen (secondary N) is 2. The van der Waals surface area contributed by atoms with E-state index in [1.54, 1.807) is 42.2 Å². The molecule has 4 N–H and O–H groups in total. The second-order valence-electron chi connectivity index (χ2n) is 5.95. The van der Waals surface area contributed by atoms with E-state index in [1.165, 1.54) is 0 Å². The van der Waals surface area contributed by atoms with Crippen LogP contribution in [-0.4, -0.2) is 46.8 Å². The van der Waals surface area contributed by atoms with Crippen LogP contribution in [0.25, 0.3) is 11.3 Å². The first-order valence-corrected chi connectivity index (χ1v) is 8.94. The van der Waals surface area contributed by atoms with Crippen molar-refractivity contribution in [1.82, 2.24) is 20.2 Å². The fourth-order valence-corrected chi connectivity index (χ4v) is 2.76. The number of pyridine rings is 1. The van der Waals surface area contributed by atoms with E-state index in [0.717, 1.165) is 12.4 Å². The van der Waals surface area contributed by atoms with E-state index in [1.807, 2.05) is 13.8 Å². The Hall–Kier alpha value is -3.16. The molecule has 0 aromatic carbocycles. The van der Waals surface area contributed by atoms with Gasteiger partial charge >= 0.3 is 0 Å². The van der Waals surface area contributed by atoms with E-state index in [-0.39, 0.29) is 5.91 Å². The van der Waals surface area contributed by atoms with Crippen LogP contribution in [0.2, 0.25) is 0 Å². The van der Waals surface area contributed by atoms with Gasteiger partial charge in [-0.3, -0.25) is 19.6 Å². The lowest BCUT2D eigenvalue weighted by atomic mass is 10.1. The summed E-state index contributed by atoms with van der Waals surface area (Å²) in [6.45, 7) is 5.94. The van der Waals surface area contributed by atoms with Gasteiger partial charge in [-0.15, -0.1) is 0 Å². The van der Waals surface area contributed by atoms with Crippen molar-refractivity contribution in [3.63, 3.8) is 0 Å². The summed E-state index contributed by atoms with van der Waals surface area (Å²) in [4.78, 5) is 32.7. The Morgan fingerprint density at radius 1 is 1.30 bits per heavy atom. The van der Waals surface area contributed by atoms with Crippen LogP contribution < -0.4 is 16.4 Å². The zero-order chi connectivity index (χ0) is 19.8. The van der Waals surface area contributed by atoms with Crippen LogP contribution in [0, 0.1) is 0 Å². The standard InChI is InChI=1S/C19H26N6O2/c1-4-21-16(22-5-2)8-10-24-19(27)15-11-13(12-25(15)3)17-14(18(20)26)7-6-9-23-17/h6-7,9,11-12H,4-5,8,10H2,1-3H3,(H2,20,26)(H,21,22)(H,24,27). The average Bonchev–Trinajstić information content (AvgIpc) is 3.03. The highest BCUT2D eigenvalue weighted by Crippen LogP contribution is 2.23. The van der Waals surface area contributed by atoms with Gasteiger partial charge in [0.1, 0.15) is 5.69 Å². The molecule has 0 saturated heterocycles. The third-order valence-corrected chi connectivity index (χ3v) is 3.96. The van der Waals surface area contributed by atoms with Gasteiger partial charge in [-0.25, -0.2) is 0 Å². The van der Waals surface area contributed by atoms with Gasteiger partial charge in [0, 0.05) is 51.1 Å². The minimum absolute atomic E-state index is 0.201. The first-order valence-electron chi connectivity index (χ1n) is 8.94. The second kappa shape index (κ2) is 9.51. The monoisotopic (exact) mass is 370 g/mol. The Labute approximate surface area is 158 Å². The molecule has 2 aromatic heterocycles. The molecule has 0 aliphatic rings. The van der Waals surface area contributed by atoms with Gasteiger partial charge in [0.15, 0.2) is 0 Å². The zero-order valence-electron chi connectivity index (χ0n) is 16.0. The topological polar surface area (TPSA) is 114 Å². The molecular weight excluding hydrogens is 344 g/mol. The molecule has 144 valence electrons. The van der Waals surface area contributed by atoms with Gasteiger partial charge in [-0.05, 0) is 32.0 Å². The number of primary amides is 1. The molecule has 0 aliphatic heterocycles. The molecule has 0 spiro atoms. The van der Waals surface area contributed by atoms with Gasteiger partial charge in [0.25, 0.3) is 11.8 Å². The van der Waals surface area contributed by atoms with Crippen molar-refractivity contribution in [3.8, 4) is 11.3 Å². The van der Waals surface area contributed by atoms with Gasteiger partial charge in [0.05, 0.1) is 17.1 Å². The molecule has 8 nitrogen and oxygen atoms in total. The number of aryl methyl sites for hydroxylation is 1. The van der Waals surface area contributed by atoms with E-state index in [4.69, 9.17) is 5.73 Å². The van der Waals surface area contributed by atoms with Gasteiger partial charge < -0.3 is 20.9 Å². The molecule has 0 bridgehead atoms. The van der Waals surface area contributed by atoms with E-state index < -0.39 is 5.91 Å². The minimum Gasteiger partial charge on any atom is -0.374 e. The van der Waals surface area contributed by atoms with Gasteiger partial charge in [-0.2, -0.15) is 0 Å². The van der Waals surface area contributed by atoms with Crippen LogP contribution in [-0.2, 0) is 7.05 Å². The van der Waals surface area contributed by atoms with E-state index >= 15 is 0 Å². The highest BCUT2D eigenvalue weighted by atomic mass is 16.2. The summed E-state index contributed by atoms with van der Waals surface area (Å²) < 4.78 is 1.70. The predicted octanol–water partition coefficient (Wildman–Crippen LogP) is 1.33. The van der Waals surface area contributed by atoms with E-state index in [0.29, 0.717) is 42.0 Å². The van der Waals surface area contributed by atoms with Crippen molar-refractivity contribution in [2.75, 3.05) is 19.6 Å². The van der Waals surface area contributed by atoms with Crippen LogP contribution in [0.1, 0.15) is 41.1 Å². The number of amides is 2. The van der Waals surface area contributed by atoms with Crippen molar-refractivity contribution < 1.29 is 9.59 Å². The fraction of sp³-hybridized carbons (Fsp3) is 0.368. The van der Waals surface area contributed by atoms with E-state index in [2.05, 4.69) is 20.6 Å². The molecule has 0 radical (unpaired) electrons. The van der Waals surface area contributed by atoms with Crippen LogP contribution in [0.4, 0.5) is 0 Å². The summed E-state index contributed by atoms with van der Waals surface area (Å²) >= 11 is 0. The summed E-state index contributed by atoms with van der Waals surface area (Å²) in [5, 5.41) is 6.09. The summed E-state index contributed by atoms with van der Waals surface area (Å²) in [5.74, 6) is 0.124. The quantitative estimate of drug-likeness (QED) is 0.480. The maximum atomic E-state index is 12.5. The third kappa shape index (κ3) is 5.16. The molecular formula is C19H26N6O2. The number of aromatic nitrogens is 2. The number of hydrogen-bond donors (Lipinski definition) is 3. The number of rotatable bonds is 8. The van der Waals surface area contributed by atoms with Crippen LogP contribution >= 0.6 is 0 Å². The summed E-state index contributed by atoms with van der Waals surface area (Å²) in [6.07, 6.45) is 3.98. The molecule has 2 aromatic rings. The smallest absolute Gasteiger partial charge is 0.267 e. The molecule has 0 fully saturated rings. The van der Waals surface area contributed by atoms with Crippen molar-refractivity contribution in [2.24, 2.45) is 17.8 Å². The number of nitrogens with zero attached hydrogens (tertiary/aromatic N) is 3. The normalized spacial score (nSPS) is 11.3. The first-order chi connectivity index (χ1) is 13.0. The Balaban J connectivity index is 2.11. The lowest BCUT2D eigenvalue weighted by Gasteiger charge is -2.09. The molecule has 0 saturated carbocycles. The summed E-state index contributed by atoms with van der Waals surface area (Å²) in [7, 11) is 1.77. The summed E-state index contributed by atoms with van der Waals surface area (Å²) in [6, 6.07) is 4.97. The molecule has 27 heavy (non-hydrogen) atoms. The number of carbonyl (C=O) groups excluding carboxylic acids is 2. The number of nitrogens with two attached hydrogens (primary N) is 1. The number of aliphatic imine (C=N–C) groups is 1. The van der Waals surface area contributed by atoms with Crippen LogP contribution in [0.5, 0.6) is 0 Å². The Morgan fingerprint density at radius 2 is 2.07 bits per heavy atom. The molecule has 8 heteroatoms. The van der Waals surface area contributed by atoms with Gasteiger partial charge in [-0.1, -0.05) is 0 Å². The Morgan fingerprint density at radius 3 is 2.74 bits per heavy atom. The number of carbonyl (C=O) groups is 2. The average molecular weight is 370 g/mol. The minimum atomic E-state index is -0.556.